The van der Waals surface area contributed by atoms with Crippen molar-refractivity contribution in [1.29, 1.82) is 0 Å². The Balaban J connectivity index is 2.15. The van der Waals surface area contributed by atoms with Crippen molar-refractivity contribution in [2.75, 3.05) is 14.2 Å². The molecule has 0 amide bonds. The van der Waals surface area contributed by atoms with Gasteiger partial charge in [0.1, 0.15) is 6.33 Å². The van der Waals surface area contributed by atoms with Crippen LogP contribution in [-0.2, 0) is 9.47 Å². The van der Waals surface area contributed by atoms with Gasteiger partial charge in [0.25, 0.3) is 0 Å². The van der Waals surface area contributed by atoms with Gasteiger partial charge in [-0.05, 0) is 30.3 Å². The number of carbonyl (C=O) groups excluding carboxylic acids is 2. The van der Waals surface area contributed by atoms with Gasteiger partial charge in [0.2, 0.25) is 0 Å². The molecule has 0 aliphatic rings. The molecule has 0 spiro atoms. The largest absolute Gasteiger partial charge is 0.465 e. The number of aromatic nitrogens is 4. The number of hydrogen-bond donors (Lipinski definition) is 0. The van der Waals surface area contributed by atoms with Gasteiger partial charge in [-0.2, -0.15) is 0 Å². The average molecular weight is 350 g/mol. The van der Waals surface area contributed by atoms with Crippen LogP contribution >= 0.6 is 0 Å². The molecule has 0 fully saturated rings. The second kappa shape index (κ2) is 7.47. The molecule has 0 unspecified atom stereocenters. The van der Waals surface area contributed by atoms with Gasteiger partial charge in [0, 0.05) is 12.4 Å². The maximum atomic E-state index is 12.0. The molecule has 26 heavy (non-hydrogen) atoms. The van der Waals surface area contributed by atoms with E-state index in [-0.39, 0.29) is 5.56 Å². The summed E-state index contributed by atoms with van der Waals surface area (Å²) in [5, 5.41) is 0. The number of esters is 2. The van der Waals surface area contributed by atoms with Crippen LogP contribution in [0.5, 0.6) is 0 Å². The number of nitrogens with zero attached hydrogens (tertiary/aromatic N) is 4. The lowest BCUT2D eigenvalue weighted by Crippen LogP contribution is -2.05. The molecule has 3 aromatic rings. The van der Waals surface area contributed by atoms with Gasteiger partial charge in [-0.3, -0.25) is 4.98 Å². The minimum atomic E-state index is -0.520. The number of ether oxygens (including phenoxy) is 2. The van der Waals surface area contributed by atoms with E-state index < -0.39 is 11.9 Å². The third-order valence-corrected chi connectivity index (χ3v) is 3.53. The van der Waals surface area contributed by atoms with Crippen molar-refractivity contribution in [1.82, 2.24) is 19.9 Å². The van der Waals surface area contributed by atoms with E-state index in [4.69, 9.17) is 9.47 Å². The quantitative estimate of drug-likeness (QED) is 0.659. The van der Waals surface area contributed by atoms with Gasteiger partial charge < -0.3 is 9.47 Å². The van der Waals surface area contributed by atoms with Gasteiger partial charge in [-0.15, -0.1) is 0 Å². The Morgan fingerprint density at radius 2 is 1.42 bits per heavy atom. The molecule has 0 radical (unpaired) electrons. The normalized spacial score (nSPS) is 10.2. The first-order chi connectivity index (χ1) is 12.6. The van der Waals surface area contributed by atoms with Crippen molar-refractivity contribution in [3.05, 3.63) is 60.2 Å². The van der Waals surface area contributed by atoms with E-state index in [0.29, 0.717) is 28.3 Å². The summed E-state index contributed by atoms with van der Waals surface area (Å²) in [7, 11) is 2.59. The van der Waals surface area contributed by atoms with Gasteiger partial charge in [0.05, 0.1) is 48.1 Å². The van der Waals surface area contributed by atoms with Gasteiger partial charge in [0.15, 0.2) is 0 Å². The fourth-order valence-electron chi connectivity index (χ4n) is 2.29. The Morgan fingerprint density at radius 3 is 2.08 bits per heavy atom. The molecule has 8 heteroatoms. The molecule has 0 saturated carbocycles. The Labute approximate surface area is 148 Å². The summed E-state index contributed by atoms with van der Waals surface area (Å²) < 4.78 is 9.52. The first kappa shape index (κ1) is 17.2. The van der Waals surface area contributed by atoms with Crippen molar-refractivity contribution in [2.45, 2.75) is 0 Å². The molecular weight excluding hydrogens is 336 g/mol. The maximum Gasteiger partial charge on any atom is 0.338 e. The van der Waals surface area contributed by atoms with Crippen molar-refractivity contribution in [3.8, 4) is 22.8 Å². The maximum absolute atomic E-state index is 12.0. The fraction of sp³-hybridized carbons (Fsp3) is 0.111. The van der Waals surface area contributed by atoms with Crippen molar-refractivity contribution in [2.24, 2.45) is 0 Å². The van der Waals surface area contributed by atoms with E-state index in [0.717, 1.165) is 0 Å². The van der Waals surface area contributed by atoms with Crippen LogP contribution in [0.3, 0.4) is 0 Å². The van der Waals surface area contributed by atoms with Crippen LogP contribution in [0, 0.1) is 0 Å². The van der Waals surface area contributed by atoms with E-state index in [9.17, 15) is 9.59 Å². The number of methoxy groups -OCH3 is 2. The Kier molecular flexibility index (Phi) is 4.93. The highest BCUT2D eigenvalue weighted by molar-refractivity contribution is 5.93. The zero-order valence-corrected chi connectivity index (χ0v) is 14.0. The molecule has 0 aromatic carbocycles. The first-order valence-electron chi connectivity index (χ1n) is 7.54. The number of pyridine rings is 2. The molecule has 3 heterocycles. The lowest BCUT2D eigenvalue weighted by molar-refractivity contribution is 0.0591. The molecule has 0 aliphatic carbocycles. The number of carbonyl (C=O) groups is 2. The van der Waals surface area contributed by atoms with Crippen LogP contribution in [0.2, 0.25) is 0 Å². The minimum Gasteiger partial charge on any atom is -0.465 e. The van der Waals surface area contributed by atoms with E-state index in [1.165, 1.54) is 32.8 Å². The standard InChI is InChI=1S/C18H14N4O4/c1-25-17(23)11-3-6-20-14(7-11)16-9-12(18(24)26-2)8-15(22-16)13-4-5-19-10-21-13/h3-10H,1-2H3. The van der Waals surface area contributed by atoms with Crippen molar-refractivity contribution >= 4 is 11.9 Å². The summed E-state index contributed by atoms with van der Waals surface area (Å²) in [6, 6.07) is 7.86. The first-order valence-corrected chi connectivity index (χ1v) is 7.54. The zero-order chi connectivity index (χ0) is 18.5. The Morgan fingerprint density at radius 1 is 0.769 bits per heavy atom. The van der Waals surface area contributed by atoms with Crippen LogP contribution < -0.4 is 0 Å². The van der Waals surface area contributed by atoms with Crippen molar-refractivity contribution in [3.63, 3.8) is 0 Å². The molecule has 0 bridgehead atoms. The van der Waals surface area contributed by atoms with Crippen LogP contribution in [0.25, 0.3) is 22.8 Å². The number of hydrogen-bond acceptors (Lipinski definition) is 8. The predicted octanol–water partition coefficient (Wildman–Crippen LogP) is 2.17. The second-order valence-electron chi connectivity index (χ2n) is 5.13. The minimum absolute atomic E-state index is 0.288. The summed E-state index contributed by atoms with van der Waals surface area (Å²) in [5.41, 5.74) is 2.41. The molecule has 3 aromatic heterocycles. The van der Waals surface area contributed by atoms with Gasteiger partial charge >= 0.3 is 11.9 Å². The zero-order valence-electron chi connectivity index (χ0n) is 14.0. The summed E-state index contributed by atoms with van der Waals surface area (Å²) in [6.07, 6.45) is 4.43. The third-order valence-electron chi connectivity index (χ3n) is 3.53. The summed E-state index contributed by atoms with van der Waals surface area (Å²) in [6.45, 7) is 0. The van der Waals surface area contributed by atoms with E-state index in [1.54, 1.807) is 30.5 Å². The Bertz CT molecular complexity index is 960. The van der Waals surface area contributed by atoms with E-state index in [2.05, 4.69) is 19.9 Å². The fourth-order valence-corrected chi connectivity index (χ4v) is 2.29. The topological polar surface area (TPSA) is 104 Å². The second-order valence-corrected chi connectivity index (χ2v) is 5.13. The van der Waals surface area contributed by atoms with Crippen LogP contribution in [0.1, 0.15) is 20.7 Å². The molecule has 0 N–H and O–H groups in total. The summed E-state index contributed by atoms with van der Waals surface area (Å²) in [4.78, 5) is 40.5. The molecule has 3 rings (SSSR count). The number of rotatable bonds is 4. The highest BCUT2D eigenvalue weighted by Gasteiger charge is 2.15. The highest BCUT2D eigenvalue weighted by Crippen LogP contribution is 2.23. The van der Waals surface area contributed by atoms with E-state index in [1.807, 2.05) is 0 Å². The average Bonchev–Trinajstić information content (AvgIpc) is 2.73. The van der Waals surface area contributed by atoms with Crippen LogP contribution in [0.4, 0.5) is 0 Å². The molecular formula is C18H14N4O4. The SMILES string of the molecule is COC(=O)c1ccnc(-c2cc(C(=O)OC)cc(-c3ccncn3)n2)c1. The van der Waals surface area contributed by atoms with E-state index >= 15 is 0 Å². The van der Waals surface area contributed by atoms with Crippen LogP contribution in [0.15, 0.2) is 49.1 Å². The molecule has 0 aliphatic heterocycles. The van der Waals surface area contributed by atoms with Gasteiger partial charge in [-0.25, -0.2) is 24.5 Å². The highest BCUT2D eigenvalue weighted by atomic mass is 16.5. The van der Waals surface area contributed by atoms with Crippen molar-refractivity contribution < 1.29 is 19.1 Å². The molecule has 130 valence electrons. The smallest absolute Gasteiger partial charge is 0.338 e. The monoisotopic (exact) mass is 350 g/mol. The summed E-state index contributed by atoms with van der Waals surface area (Å²) in [5.74, 6) is -1.01. The lowest BCUT2D eigenvalue weighted by Gasteiger charge is -2.08. The molecule has 8 nitrogen and oxygen atoms in total. The predicted molar refractivity (Wildman–Crippen MR) is 91.2 cm³/mol. The lowest BCUT2D eigenvalue weighted by atomic mass is 10.1. The third kappa shape index (κ3) is 3.54. The summed E-state index contributed by atoms with van der Waals surface area (Å²) >= 11 is 0. The van der Waals surface area contributed by atoms with Crippen LogP contribution in [-0.4, -0.2) is 46.1 Å². The molecule has 0 atom stereocenters. The van der Waals surface area contributed by atoms with Gasteiger partial charge in [-0.1, -0.05) is 0 Å². The Hall–Kier alpha value is -3.68. The molecule has 0 saturated heterocycles.